The number of hydrogen-bond donors (Lipinski definition) is 0. The predicted molar refractivity (Wildman–Crippen MR) is 98.2 cm³/mol. The van der Waals surface area contributed by atoms with E-state index in [0.717, 1.165) is 31.2 Å². The van der Waals surface area contributed by atoms with E-state index >= 15 is 0 Å². The molecule has 0 aliphatic carbocycles. The van der Waals surface area contributed by atoms with Gasteiger partial charge in [-0.05, 0) is 30.0 Å². The summed E-state index contributed by atoms with van der Waals surface area (Å²) in [7, 11) is 2.57. The minimum absolute atomic E-state index is 0.172. The van der Waals surface area contributed by atoms with Gasteiger partial charge in [-0.3, -0.25) is 0 Å². The first-order chi connectivity index (χ1) is 12.6. The highest BCUT2D eigenvalue weighted by Crippen LogP contribution is 2.24. The van der Waals surface area contributed by atoms with Crippen LogP contribution in [-0.4, -0.2) is 39.4 Å². The molecule has 6 nitrogen and oxygen atoms in total. The third-order valence-electron chi connectivity index (χ3n) is 3.99. The summed E-state index contributed by atoms with van der Waals surface area (Å²) >= 11 is 0. The van der Waals surface area contributed by atoms with Gasteiger partial charge in [-0.15, -0.1) is 0 Å². The van der Waals surface area contributed by atoms with Crippen molar-refractivity contribution in [2.24, 2.45) is 0 Å². The number of carbonyl (C=O) groups is 2. The van der Waals surface area contributed by atoms with Crippen LogP contribution in [0, 0.1) is 0 Å². The summed E-state index contributed by atoms with van der Waals surface area (Å²) in [6.07, 6.45) is 3.94. The molecule has 1 aromatic carbocycles. The predicted octanol–water partition coefficient (Wildman–Crippen LogP) is 3.89. The van der Waals surface area contributed by atoms with Crippen LogP contribution in [0.2, 0.25) is 0 Å². The van der Waals surface area contributed by atoms with E-state index in [2.05, 4.69) is 13.8 Å². The van der Waals surface area contributed by atoms with Gasteiger partial charge in [0, 0.05) is 13.2 Å². The Hall–Kier alpha value is -1.92. The van der Waals surface area contributed by atoms with Crippen molar-refractivity contribution in [1.82, 2.24) is 0 Å². The third kappa shape index (κ3) is 6.42. The fraction of sp³-hybridized carbons (Fsp3) is 0.600. The largest absolute Gasteiger partial charge is 0.465 e. The maximum atomic E-state index is 12.4. The second kappa shape index (κ2) is 12.4. The van der Waals surface area contributed by atoms with Gasteiger partial charge in [0.25, 0.3) is 0 Å². The number of carbonyl (C=O) groups excluding carboxylic acids is 2. The normalized spacial score (nSPS) is 10.6. The highest BCUT2D eigenvalue weighted by molar-refractivity contribution is 6.04. The Labute approximate surface area is 155 Å². The summed E-state index contributed by atoms with van der Waals surface area (Å²) < 4.78 is 21.1. The standard InChI is InChI=1S/C20H30O6/c1-5-7-11-25-13-15-9-10-16(19(21)23-3)18(20(22)24-4)17(15)14-26-12-8-6-2/h9-10H,5-8,11-14H2,1-4H3. The lowest BCUT2D eigenvalue weighted by atomic mass is 9.96. The number of hydrogen-bond acceptors (Lipinski definition) is 6. The summed E-state index contributed by atoms with van der Waals surface area (Å²) in [6.45, 7) is 5.94. The molecule has 0 amide bonds. The molecule has 26 heavy (non-hydrogen) atoms. The van der Waals surface area contributed by atoms with Crippen molar-refractivity contribution in [2.75, 3.05) is 27.4 Å². The SMILES string of the molecule is CCCCOCc1ccc(C(=O)OC)c(C(=O)OC)c1COCCCC. The molecular weight excluding hydrogens is 336 g/mol. The first-order valence-corrected chi connectivity index (χ1v) is 9.07. The van der Waals surface area contributed by atoms with Crippen molar-refractivity contribution >= 4 is 11.9 Å². The van der Waals surface area contributed by atoms with Gasteiger partial charge in [-0.1, -0.05) is 32.8 Å². The van der Waals surface area contributed by atoms with E-state index in [0.29, 0.717) is 25.4 Å². The van der Waals surface area contributed by atoms with Crippen LogP contribution in [0.15, 0.2) is 12.1 Å². The van der Waals surface area contributed by atoms with Crippen molar-refractivity contribution in [2.45, 2.75) is 52.7 Å². The van der Waals surface area contributed by atoms with Gasteiger partial charge in [0.1, 0.15) is 0 Å². The fourth-order valence-electron chi connectivity index (χ4n) is 2.46. The lowest BCUT2D eigenvalue weighted by molar-refractivity contribution is 0.0546. The molecule has 0 unspecified atom stereocenters. The van der Waals surface area contributed by atoms with E-state index in [-0.39, 0.29) is 17.7 Å². The average molecular weight is 366 g/mol. The Morgan fingerprint density at radius 3 is 1.96 bits per heavy atom. The van der Waals surface area contributed by atoms with Crippen LogP contribution < -0.4 is 0 Å². The number of unbranched alkanes of at least 4 members (excludes halogenated alkanes) is 2. The summed E-state index contributed by atoms with van der Waals surface area (Å²) in [5, 5.41) is 0. The molecule has 0 spiro atoms. The van der Waals surface area contributed by atoms with Gasteiger partial charge in [0.2, 0.25) is 0 Å². The molecular formula is C20H30O6. The van der Waals surface area contributed by atoms with Crippen LogP contribution in [0.25, 0.3) is 0 Å². The van der Waals surface area contributed by atoms with Gasteiger partial charge in [0.05, 0.1) is 38.6 Å². The van der Waals surface area contributed by atoms with Crippen LogP contribution in [0.5, 0.6) is 0 Å². The van der Waals surface area contributed by atoms with Crippen molar-refractivity contribution in [3.8, 4) is 0 Å². The molecule has 1 rings (SSSR count). The van der Waals surface area contributed by atoms with Gasteiger partial charge in [0.15, 0.2) is 0 Å². The topological polar surface area (TPSA) is 71.1 Å². The first-order valence-electron chi connectivity index (χ1n) is 9.07. The van der Waals surface area contributed by atoms with Crippen molar-refractivity contribution in [3.05, 3.63) is 34.4 Å². The molecule has 146 valence electrons. The second-order valence-electron chi connectivity index (χ2n) is 5.92. The highest BCUT2D eigenvalue weighted by Gasteiger charge is 2.24. The first kappa shape index (κ1) is 22.1. The number of rotatable bonds is 12. The van der Waals surface area contributed by atoms with Crippen LogP contribution in [0.1, 0.15) is 71.4 Å². The molecule has 0 aromatic heterocycles. The van der Waals surface area contributed by atoms with E-state index in [1.807, 2.05) is 0 Å². The van der Waals surface area contributed by atoms with Gasteiger partial charge in [-0.25, -0.2) is 9.59 Å². The Morgan fingerprint density at radius 2 is 1.42 bits per heavy atom. The Morgan fingerprint density at radius 1 is 0.846 bits per heavy atom. The number of methoxy groups -OCH3 is 2. The molecule has 0 N–H and O–H groups in total. The fourth-order valence-corrected chi connectivity index (χ4v) is 2.46. The molecule has 0 fully saturated rings. The van der Waals surface area contributed by atoms with Gasteiger partial charge < -0.3 is 18.9 Å². The molecule has 0 saturated carbocycles. The maximum Gasteiger partial charge on any atom is 0.339 e. The zero-order valence-electron chi connectivity index (χ0n) is 16.3. The van der Waals surface area contributed by atoms with Gasteiger partial charge >= 0.3 is 11.9 Å². The van der Waals surface area contributed by atoms with Gasteiger partial charge in [-0.2, -0.15) is 0 Å². The molecule has 0 saturated heterocycles. The van der Waals surface area contributed by atoms with E-state index < -0.39 is 11.9 Å². The van der Waals surface area contributed by atoms with Crippen LogP contribution in [-0.2, 0) is 32.2 Å². The zero-order valence-corrected chi connectivity index (χ0v) is 16.3. The molecule has 0 atom stereocenters. The van der Waals surface area contributed by atoms with Crippen LogP contribution in [0.4, 0.5) is 0 Å². The molecule has 0 aliphatic heterocycles. The monoisotopic (exact) mass is 366 g/mol. The number of esters is 2. The number of ether oxygens (including phenoxy) is 4. The lowest BCUT2D eigenvalue weighted by Crippen LogP contribution is -2.17. The van der Waals surface area contributed by atoms with E-state index in [1.165, 1.54) is 14.2 Å². The van der Waals surface area contributed by atoms with E-state index in [1.54, 1.807) is 12.1 Å². The Balaban J connectivity index is 3.21. The summed E-state index contributed by atoms with van der Waals surface area (Å²) in [6, 6.07) is 3.36. The van der Waals surface area contributed by atoms with E-state index in [9.17, 15) is 9.59 Å². The molecule has 0 aliphatic rings. The Kier molecular flexibility index (Phi) is 10.6. The minimum Gasteiger partial charge on any atom is -0.465 e. The van der Waals surface area contributed by atoms with Crippen LogP contribution >= 0.6 is 0 Å². The van der Waals surface area contributed by atoms with Crippen molar-refractivity contribution < 1.29 is 28.5 Å². The molecule has 6 heteroatoms. The summed E-state index contributed by atoms with van der Waals surface area (Å²) in [5.74, 6) is -1.17. The quantitative estimate of drug-likeness (QED) is 0.413. The molecule has 1 aromatic rings. The second-order valence-corrected chi connectivity index (χ2v) is 5.92. The van der Waals surface area contributed by atoms with Crippen molar-refractivity contribution in [1.29, 1.82) is 0 Å². The minimum atomic E-state index is -0.588. The van der Waals surface area contributed by atoms with Crippen molar-refractivity contribution in [3.63, 3.8) is 0 Å². The van der Waals surface area contributed by atoms with Crippen LogP contribution in [0.3, 0.4) is 0 Å². The Bertz CT molecular complexity index is 582. The maximum absolute atomic E-state index is 12.4. The molecule has 0 heterocycles. The molecule has 0 bridgehead atoms. The zero-order chi connectivity index (χ0) is 19.4. The highest BCUT2D eigenvalue weighted by atomic mass is 16.5. The third-order valence-corrected chi connectivity index (χ3v) is 3.99. The average Bonchev–Trinajstić information content (AvgIpc) is 2.67. The van der Waals surface area contributed by atoms with E-state index in [4.69, 9.17) is 18.9 Å². The number of benzene rings is 1. The summed E-state index contributed by atoms with van der Waals surface area (Å²) in [5.41, 5.74) is 1.79. The molecule has 0 radical (unpaired) electrons. The summed E-state index contributed by atoms with van der Waals surface area (Å²) in [4.78, 5) is 24.5. The smallest absolute Gasteiger partial charge is 0.339 e. The lowest BCUT2D eigenvalue weighted by Gasteiger charge is -2.17.